The molecule has 1 N–H and O–H groups in total. The number of nitrogens with one attached hydrogen (secondary N) is 1. The van der Waals surface area contributed by atoms with E-state index in [0.29, 0.717) is 6.61 Å². The van der Waals surface area contributed by atoms with Crippen molar-refractivity contribution in [2.75, 3.05) is 7.11 Å². The van der Waals surface area contributed by atoms with Crippen molar-refractivity contribution in [2.45, 2.75) is 44.4 Å². The summed E-state index contributed by atoms with van der Waals surface area (Å²) in [6, 6.07) is 3.79. The first-order chi connectivity index (χ1) is 8.35. The molecule has 0 saturated carbocycles. The molecular weight excluding hydrogens is 212 g/mol. The molecule has 2 aliphatic heterocycles. The molecule has 0 aromatic carbocycles. The SMILES string of the molecule is COCc1cncc(CC2CC3CCC2N3)c1. The maximum atomic E-state index is 5.15. The van der Waals surface area contributed by atoms with E-state index >= 15 is 0 Å². The van der Waals surface area contributed by atoms with E-state index in [-0.39, 0.29) is 0 Å². The first-order valence-corrected chi connectivity index (χ1v) is 6.53. The van der Waals surface area contributed by atoms with Crippen LogP contribution in [0, 0.1) is 5.92 Å². The molecule has 3 rings (SSSR count). The molecule has 3 nitrogen and oxygen atoms in total. The molecule has 2 bridgehead atoms. The van der Waals surface area contributed by atoms with Gasteiger partial charge >= 0.3 is 0 Å². The Morgan fingerprint density at radius 3 is 2.94 bits per heavy atom. The van der Waals surface area contributed by atoms with Gasteiger partial charge in [-0.2, -0.15) is 0 Å². The highest BCUT2D eigenvalue weighted by Gasteiger charge is 2.38. The highest BCUT2D eigenvalue weighted by Crippen LogP contribution is 2.35. The Kier molecular flexibility index (Phi) is 3.12. The van der Waals surface area contributed by atoms with Crippen molar-refractivity contribution in [3.8, 4) is 0 Å². The van der Waals surface area contributed by atoms with Crippen molar-refractivity contribution < 1.29 is 4.74 Å². The molecule has 1 aromatic rings. The van der Waals surface area contributed by atoms with Crippen LogP contribution in [0.25, 0.3) is 0 Å². The maximum absolute atomic E-state index is 5.15. The van der Waals surface area contributed by atoms with Crippen LogP contribution >= 0.6 is 0 Å². The number of fused-ring (bicyclic) bond motifs is 2. The molecule has 2 aliphatic rings. The lowest BCUT2D eigenvalue weighted by molar-refractivity contribution is 0.184. The van der Waals surface area contributed by atoms with E-state index < -0.39 is 0 Å². The minimum absolute atomic E-state index is 0.663. The van der Waals surface area contributed by atoms with Gasteiger partial charge in [0.15, 0.2) is 0 Å². The van der Waals surface area contributed by atoms with Crippen LogP contribution in [0.2, 0.25) is 0 Å². The van der Waals surface area contributed by atoms with Gasteiger partial charge in [-0.3, -0.25) is 4.98 Å². The van der Waals surface area contributed by atoms with Crippen LogP contribution < -0.4 is 5.32 Å². The summed E-state index contributed by atoms with van der Waals surface area (Å²) in [6.45, 7) is 0.663. The van der Waals surface area contributed by atoms with Crippen LogP contribution in [0.1, 0.15) is 30.4 Å². The van der Waals surface area contributed by atoms with Gasteiger partial charge < -0.3 is 10.1 Å². The molecule has 0 radical (unpaired) electrons. The molecule has 1 aromatic heterocycles. The van der Waals surface area contributed by atoms with Crippen LogP contribution in [0.15, 0.2) is 18.5 Å². The van der Waals surface area contributed by atoms with E-state index in [0.717, 1.165) is 18.0 Å². The zero-order chi connectivity index (χ0) is 11.7. The van der Waals surface area contributed by atoms with Gasteiger partial charge in [0.05, 0.1) is 6.61 Å². The van der Waals surface area contributed by atoms with Gasteiger partial charge in [-0.1, -0.05) is 6.07 Å². The number of ether oxygens (including phenoxy) is 1. The highest BCUT2D eigenvalue weighted by molar-refractivity contribution is 5.19. The molecule has 92 valence electrons. The van der Waals surface area contributed by atoms with Crippen LogP contribution in [0.3, 0.4) is 0 Å². The second-order valence-electron chi connectivity index (χ2n) is 5.38. The molecule has 0 spiro atoms. The lowest BCUT2D eigenvalue weighted by atomic mass is 9.85. The van der Waals surface area contributed by atoms with Gasteiger partial charge in [0.1, 0.15) is 0 Å². The first-order valence-electron chi connectivity index (χ1n) is 6.53. The first kappa shape index (κ1) is 11.2. The predicted octanol–water partition coefficient (Wildman–Crippen LogP) is 1.91. The van der Waals surface area contributed by atoms with E-state index in [2.05, 4.69) is 16.4 Å². The number of aromatic nitrogens is 1. The largest absolute Gasteiger partial charge is 0.380 e. The molecule has 3 heterocycles. The van der Waals surface area contributed by atoms with Gasteiger partial charge in [0, 0.05) is 31.6 Å². The van der Waals surface area contributed by atoms with Gasteiger partial charge in [-0.15, -0.1) is 0 Å². The van der Waals surface area contributed by atoms with E-state index in [1.807, 2.05) is 12.4 Å². The lowest BCUT2D eigenvalue weighted by Gasteiger charge is -2.20. The highest BCUT2D eigenvalue weighted by atomic mass is 16.5. The summed E-state index contributed by atoms with van der Waals surface area (Å²) in [5, 5.41) is 3.69. The fraction of sp³-hybridized carbons (Fsp3) is 0.643. The third kappa shape index (κ3) is 2.35. The molecular formula is C14H20N2O. The standard InChI is InChI=1S/C14H20N2O/c1-17-9-11-4-10(7-15-8-11)5-12-6-13-2-3-14(12)16-13/h4,7-8,12-14,16H,2-3,5-6,9H2,1H3. The molecule has 0 amide bonds. The number of hydrogen-bond donors (Lipinski definition) is 1. The molecule has 3 atom stereocenters. The van der Waals surface area contributed by atoms with Crippen molar-refractivity contribution in [2.24, 2.45) is 5.92 Å². The van der Waals surface area contributed by atoms with Crippen LogP contribution in [0.4, 0.5) is 0 Å². The molecule has 0 aliphatic carbocycles. The monoisotopic (exact) mass is 232 g/mol. The van der Waals surface area contributed by atoms with Gasteiger partial charge in [0.2, 0.25) is 0 Å². The zero-order valence-electron chi connectivity index (χ0n) is 10.4. The Hall–Kier alpha value is -0.930. The Morgan fingerprint density at radius 1 is 1.35 bits per heavy atom. The lowest BCUT2D eigenvalue weighted by Crippen LogP contribution is -2.24. The fourth-order valence-electron chi connectivity index (χ4n) is 3.36. The maximum Gasteiger partial charge on any atom is 0.0728 e. The number of nitrogens with zero attached hydrogens (tertiary/aromatic N) is 1. The van der Waals surface area contributed by atoms with E-state index in [1.165, 1.54) is 36.8 Å². The summed E-state index contributed by atoms with van der Waals surface area (Å²) in [4.78, 5) is 4.31. The predicted molar refractivity (Wildman–Crippen MR) is 66.7 cm³/mol. The number of methoxy groups -OCH3 is 1. The Bertz CT molecular complexity index is 394. The summed E-state index contributed by atoms with van der Waals surface area (Å²) >= 11 is 0. The summed E-state index contributed by atoms with van der Waals surface area (Å²) in [5.74, 6) is 0.813. The fourth-order valence-corrected chi connectivity index (χ4v) is 3.36. The average Bonchev–Trinajstić information content (AvgIpc) is 2.92. The molecule has 17 heavy (non-hydrogen) atoms. The minimum atomic E-state index is 0.663. The quantitative estimate of drug-likeness (QED) is 0.861. The van der Waals surface area contributed by atoms with Crippen LogP contribution in [0.5, 0.6) is 0 Å². The number of rotatable bonds is 4. The topological polar surface area (TPSA) is 34.1 Å². The summed E-state index contributed by atoms with van der Waals surface area (Å²) in [7, 11) is 1.73. The summed E-state index contributed by atoms with van der Waals surface area (Å²) in [5.41, 5.74) is 2.54. The number of hydrogen-bond acceptors (Lipinski definition) is 3. The van der Waals surface area contributed by atoms with Crippen molar-refractivity contribution in [3.63, 3.8) is 0 Å². The molecule has 2 fully saturated rings. The molecule has 3 heteroatoms. The second kappa shape index (κ2) is 4.75. The van der Waals surface area contributed by atoms with Crippen molar-refractivity contribution in [1.29, 1.82) is 0 Å². The second-order valence-corrected chi connectivity index (χ2v) is 5.38. The average molecular weight is 232 g/mol. The minimum Gasteiger partial charge on any atom is -0.380 e. The third-order valence-corrected chi connectivity index (χ3v) is 4.09. The molecule has 2 saturated heterocycles. The summed E-state index contributed by atoms with van der Waals surface area (Å²) < 4.78 is 5.15. The van der Waals surface area contributed by atoms with Gasteiger partial charge in [-0.25, -0.2) is 0 Å². The van der Waals surface area contributed by atoms with Gasteiger partial charge in [0.25, 0.3) is 0 Å². The number of pyridine rings is 1. The molecule has 3 unspecified atom stereocenters. The van der Waals surface area contributed by atoms with Gasteiger partial charge in [-0.05, 0) is 42.7 Å². The van der Waals surface area contributed by atoms with Crippen LogP contribution in [-0.2, 0) is 17.8 Å². The summed E-state index contributed by atoms with van der Waals surface area (Å²) in [6.07, 6.45) is 9.15. The van der Waals surface area contributed by atoms with E-state index in [9.17, 15) is 0 Å². The third-order valence-electron chi connectivity index (χ3n) is 4.09. The zero-order valence-corrected chi connectivity index (χ0v) is 10.4. The smallest absolute Gasteiger partial charge is 0.0728 e. The van der Waals surface area contributed by atoms with E-state index in [1.54, 1.807) is 7.11 Å². The normalized spacial score (nSPS) is 31.0. The van der Waals surface area contributed by atoms with E-state index in [4.69, 9.17) is 4.74 Å². The Balaban J connectivity index is 1.66. The van der Waals surface area contributed by atoms with Crippen molar-refractivity contribution >= 4 is 0 Å². The van der Waals surface area contributed by atoms with Crippen molar-refractivity contribution in [1.82, 2.24) is 10.3 Å². The van der Waals surface area contributed by atoms with Crippen molar-refractivity contribution in [3.05, 3.63) is 29.6 Å². The van der Waals surface area contributed by atoms with Crippen LogP contribution in [-0.4, -0.2) is 24.2 Å². The Morgan fingerprint density at radius 2 is 2.24 bits per heavy atom. The Labute approximate surface area is 103 Å².